The van der Waals surface area contributed by atoms with Crippen LogP contribution in [0, 0.1) is 0 Å². The lowest BCUT2D eigenvalue weighted by atomic mass is 10.1. The molecule has 1 aliphatic heterocycles. The van der Waals surface area contributed by atoms with E-state index in [1.54, 1.807) is 4.68 Å². The summed E-state index contributed by atoms with van der Waals surface area (Å²) in [5.74, 6) is 0.921. The number of aryl methyl sites for hydroxylation is 1. The highest BCUT2D eigenvalue weighted by Crippen LogP contribution is 2.25. The quantitative estimate of drug-likeness (QED) is 0.933. The van der Waals surface area contributed by atoms with Crippen LogP contribution in [-0.2, 0) is 13.6 Å². The number of rotatable bonds is 3. The van der Waals surface area contributed by atoms with Crippen molar-refractivity contribution in [2.45, 2.75) is 19.5 Å². The minimum absolute atomic E-state index is 0.416. The average Bonchev–Trinajstić information content (AvgIpc) is 2.79. The maximum absolute atomic E-state index is 6.05. The SMILES string of the molecule is CC1CN(Cc2ccccc2)CCN1c1nn(C)cc1N. The second-order valence-electron chi connectivity index (χ2n) is 5.84. The monoisotopic (exact) mass is 285 g/mol. The van der Waals surface area contributed by atoms with Gasteiger partial charge in [-0.3, -0.25) is 9.58 Å². The molecule has 0 radical (unpaired) electrons. The number of aromatic nitrogens is 2. The van der Waals surface area contributed by atoms with Gasteiger partial charge in [0.1, 0.15) is 0 Å². The van der Waals surface area contributed by atoms with Gasteiger partial charge in [-0.1, -0.05) is 30.3 Å². The predicted molar refractivity (Wildman–Crippen MR) is 86.1 cm³/mol. The number of nitrogens with zero attached hydrogens (tertiary/aromatic N) is 4. The van der Waals surface area contributed by atoms with Crippen LogP contribution >= 0.6 is 0 Å². The van der Waals surface area contributed by atoms with E-state index in [1.807, 2.05) is 13.2 Å². The molecule has 2 aromatic rings. The molecule has 0 saturated carbocycles. The minimum atomic E-state index is 0.416. The van der Waals surface area contributed by atoms with E-state index in [9.17, 15) is 0 Å². The van der Waals surface area contributed by atoms with E-state index in [4.69, 9.17) is 5.73 Å². The van der Waals surface area contributed by atoms with E-state index in [0.29, 0.717) is 6.04 Å². The second kappa shape index (κ2) is 5.77. The molecule has 3 rings (SSSR count). The van der Waals surface area contributed by atoms with Gasteiger partial charge in [-0.25, -0.2) is 0 Å². The lowest BCUT2D eigenvalue weighted by molar-refractivity contribution is 0.220. The molecule has 1 unspecified atom stereocenters. The molecule has 21 heavy (non-hydrogen) atoms. The molecule has 1 saturated heterocycles. The van der Waals surface area contributed by atoms with Crippen molar-refractivity contribution >= 4 is 11.5 Å². The van der Waals surface area contributed by atoms with Crippen molar-refractivity contribution in [3.8, 4) is 0 Å². The third-order valence-corrected chi connectivity index (χ3v) is 4.07. The number of nitrogen functional groups attached to an aromatic ring is 1. The maximum Gasteiger partial charge on any atom is 0.174 e. The summed E-state index contributed by atoms with van der Waals surface area (Å²) < 4.78 is 1.79. The number of hydrogen-bond donors (Lipinski definition) is 1. The lowest BCUT2D eigenvalue weighted by Crippen LogP contribution is -2.52. The topological polar surface area (TPSA) is 50.3 Å². The highest BCUT2D eigenvalue weighted by molar-refractivity contribution is 5.62. The molecular formula is C16H23N5. The standard InChI is InChI=1S/C16H23N5/c1-13-10-20(11-14-6-4-3-5-7-14)8-9-21(13)16-15(17)12-19(2)18-16/h3-7,12-13H,8-11,17H2,1-2H3. The van der Waals surface area contributed by atoms with Gasteiger partial charge < -0.3 is 10.6 Å². The number of benzene rings is 1. The molecule has 5 nitrogen and oxygen atoms in total. The van der Waals surface area contributed by atoms with Crippen molar-refractivity contribution in [2.75, 3.05) is 30.3 Å². The van der Waals surface area contributed by atoms with Crippen LogP contribution in [0.3, 0.4) is 0 Å². The van der Waals surface area contributed by atoms with Crippen LogP contribution in [0.2, 0.25) is 0 Å². The average molecular weight is 285 g/mol. The first kappa shape index (κ1) is 13.9. The van der Waals surface area contributed by atoms with Crippen LogP contribution in [0.1, 0.15) is 12.5 Å². The Labute approximate surface area is 126 Å². The summed E-state index contributed by atoms with van der Waals surface area (Å²) in [6, 6.07) is 11.1. The fourth-order valence-corrected chi connectivity index (χ4v) is 3.05. The van der Waals surface area contributed by atoms with Crippen molar-refractivity contribution < 1.29 is 0 Å². The van der Waals surface area contributed by atoms with Crippen LogP contribution in [0.5, 0.6) is 0 Å². The summed E-state index contributed by atoms with van der Waals surface area (Å²) in [5, 5.41) is 4.49. The number of piperazine rings is 1. The van der Waals surface area contributed by atoms with Crippen LogP contribution in [-0.4, -0.2) is 40.4 Å². The summed E-state index contributed by atoms with van der Waals surface area (Å²) in [6.07, 6.45) is 1.87. The van der Waals surface area contributed by atoms with Gasteiger partial charge in [0.15, 0.2) is 5.82 Å². The van der Waals surface area contributed by atoms with Crippen molar-refractivity contribution in [2.24, 2.45) is 7.05 Å². The van der Waals surface area contributed by atoms with E-state index >= 15 is 0 Å². The van der Waals surface area contributed by atoms with Gasteiger partial charge in [0.25, 0.3) is 0 Å². The molecule has 2 heterocycles. The fraction of sp³-hybridized carbons (Fsp3) is 0.438. The molecule has 0 aliphatic carbocycles. The third kappa shape index (κ3) is 3.03. The molecule has 0 spiro atoms. The molecule has 0 amide bonds. The third-order valence-electron chi connectivity index (χ3n) is 4.07. The summed E-state index contributed by atoms with van der Waals surface area (Å²) >= 11 is 0. The zero-order valence-corrected chi connectivity index (χ0v) is 12.7. The van der Waals surface area contributed by atoms with Gasteiger partial charge in [0.05, 0.1) is 5.69 Å². The fourth-order valence-electron chi connectivity index (χ4n) is 3.05. The van der Waals surface area contributed by atoms with E-state index in [0.717, 1.165) is 37.7 Å². The van der Waals surface area contributed by atoms with Crippen LogP contribution in [0.15, 0.2) is 36.5 Å². The molecule has 112 valence electrons. The van der Waals surface area contributed by atoms with Crippen LogP contribution in [0.4, 0.5) is 11.5 Å². The van der Waals surface area contributed by atoms with E-state index in [-0.39, 0.29) is 0 Å². The van der Waals surface area contributed by atoms with Gasteiger partial charge in [0.2, 0.25) is 0 Å². The summed E-state index contributed by atoms with van der Waals surface area (Å²) in [5.41, 5.74) is 8.19. The van der Waals surface area contributed by atoms with Gasteiger partial charge in [-0.15, -0.1) is 0 Å². The van der Waals surface area contributed by atoms with Crippen molar-refractivity contribution in [1.29, 1.82) is 0 Å². The Morgan fingerprint density at radius 2 is 2.00 bits per heavy atom. The Kier molecular flexibility index (Phi) is 3.84. The lowest BCUT2D eigenvalue weighted by Gasteiger charge is -2.40. The molecule has 1 aliphatic rings. The Hall–Kier alpha value is -2.01. The van der Waals surface area contributed by atoms with Crippen molar-refractivity contribution in [3.05, 3.63) is 42.1 Å². The first-order valence-electron chi connectivity index (χ1n) is 7.45. The zero-order valence-electron chi connectivity index (χ0n) is 12.7. The Morgan fingerprint density at radius 1 is 1.24 bits per heavy atom. The Morgan fingerprint density at radius 3 is 2.62 bits per heavy atom. The second-order valence-corrected chi connectivity index (χ2v) is 5.84. The summed E-state index contributed by atoms with van der Waals surface area (Å²) in [6.45, 7) is 6.29. The molecule has 1 aromatic carbocycles. The maximum atomic E-state index is 6.05. The normalized spacial score (nSPS) is 19.9. The Bertz CT molecular complexity index is 592. The molecular weight excluding hydrogens is 262 g/mol. The van der Waals surface area contributed by atoms with E-state index in [1.165, 1.54) is 5.56 Å². The van der Waals surface area contributed by atoms with Gasteiger partial charge in [-0.2, -0.15) is 5.10 Å². The number of nitrogens with two attached hydrogens (primary N) is 1. The molecule has 5 heteroatoms. The molecule has 1 aromatic heterocycles. The number of hydrogen-bond acceptors (Lipinski definition) is 4. The Balaban J connectivity index is 1.66. The predicted octanol–water partition coefficient (Wildman–Crippen LogP) is 1.71. The first-order valence-corrected chi connectivity index (χ1v) is 7.45. The molecule has 1 fully saturated rings. The van der Waals surface area contributed by atoms with Gasteiger partial charge in [-0.05, 0) is 12.5 Å². The molecule has 1 atom stereocenters. The highest BCUT2D eigenvalue weighted by Gasteiger charge is 2.26. The number of anilines is 2. The summed E-state index contributed by atoms with van der Waals surface area (Å²) in [4.78, 5) is 4.81. The van der Waals surface area contributed by atoms with Gasteiger partial charge in [0, 0.05) is 45.5 Å². The van der Waals surface area contributed by atoms with Crippen LogP contribution < -0.4 is 10.6 Å². The first-order chi connectivity index (χ1) is 10.1. The largest absolute Gasteiger partial charge is 0.394 e. The van der Waals surface area contributed by atoms with Crippen molar-refractivity contribution in [1.82, 2.24) is 14.7 Å². The highest BCUT2D eigenvalue weighted by atomic mass is 15.4. The molecule has 2 N–H and O–H groups in total. The summed E-state index contributed by atoms with van der Waals surface area (Å²) in [7, 11) is 1.91. The van der Waals surface area contributed by atoms with E-state index in [2.05, 4.69) is 52.2 Å². The van der Waals surface area contributed by atoms with E-state index < -0.39 is 0 Å². The minimum Gasteiger partial charge on any atom is -0.394 e. The zero-order chi connectivity index (χ0) is 14.8. The smallest absolute Gasteiger partial charge is 0.174 e. The van der Waals surface area contributed by atoms with Crippen molar-refractivity contribution in [3.63, 3.8) is 0 Å². The molecule has 0 bridgehead atoms. The van der Waals surface area contributed by atoms with Crippen LogP contribution in [0.25, 0.3) is 0 Å². The van der Waals surface area contributed by atoms with Gasteiger partial charge >= 0.3 is 0 Å².